The molecule has 0 heterocycles. The minimum Gasteiger partial charge on any atom is -0.462 e. The Bertz CT molecular complexity index is 1500. The first-order chi connectivity index (χ1) is 35.0. The van der Waals surface area contributed by atoms with E-state index in [9.17, 15) is 14.4 Å². The lowest BCUT2D eigenvalue weighted by molar-refractivity contribution is -0.167. The van der Waals surface area contributed by atoms with Crippen LogP contribution in [0.25, 0.3) is 0 Å². The lowest BCUT2D eigenvalue weighted by atomic mass is 10.1. The normalized spacial score (nSPS) is 13.0. The van der Waals surface area contributed by atoms with Gasteiger partial charge in [-0.05, 0) is 109 Å². The maximum atomic E-state index is 12.8. The van der Waals surface area contributed by atoms with Gasteiger partial charge in [0.1, 0.15) is 13.2 Å². The van der Waals surface area contributed by atoms with Crippen LogP contribution < -0.4 is 0 Å². The van der Waals surface area contributed by atoms with Crippen LogP contribution in [0, 0.1) is 0 Å². The molecule has 0 aromatic rings. The van der Waals surface area contributed by atoms with Crippen LogP contribution >= 0.6 is 0 Å². The van der Waals surface area contributed by atoms with Crippen molar-refractivity contribution in [1.82, 2.24) is 0 Å². The van der Waals surface area contributed by atoms with Gasteiger partial charge in [0.25, 0.3) is 0 Å². The average molecular weight is 984 g/mol. The van der Waals surface area contributed by atoms with E-state index in [4.69, 9.17) is 14.2 Å². The number of allylic oxidation sites excluding steroid dienone is 20. The first-order valence-corrected chi connectivity index (χ1v) is 29.0. The minimum absolute atomic E-state index is 0.0940. The number of unbranched alkanes of at least 4 members (excludes halogenated alkanes) is 20. The predicted molar refractivity (Wildman–Crippen MR) is 306 cm³/mol. The van der Waals surface area contributed by atoms with Gasteiger partial charge in [0.2, 0.25) is 0 Å². The fourth-order valence-corrected chi connectivity index (χ4v) is 7.67. The molecule has 6 heteroatoms. The molecule has 0 rings (SSSR count). The Balaban J connectivity index is 4.29. The highest BCUT2D eigenvalue weighted by Gasteiger charge is 2.19. The van der Waals surface area contributed by atoms with Crippen LogP contribution in [0.1, 0.15) is 252 Å². The average Bonchev–Trinajstić information content (AvgIpc) is 3.37. The number of hydrogen-bond acceptors (Lipinski definition) is 6. The largest absolute Gasteiger partial charge is 0.462 e. The zero-order valence-corrected chi connectivity index (χ0v) is 45.9. The Morgan fingerprint density at radius 3 is 0.873 bits per heavy atom. The van der Waals surface area contributed by atoms with E-state index in [0.717, 1.165) is 135 Å². The molecule has 0 N–H and O–H groups in total. The van der Waals surface area contributed by atoms with Crippen LogP contribution in [-0.2, 0) is 28.6 Å². The summed E-state index contributed by atoms with van der Waals surface area (Å²) in [5, 5.41) is 0. The number of rotatable bonds is 51. The highest BCUT2D eigenvalue weighted by molar-refractivity contribution is 5.71. The molecule has 0 radical (unpaired) electrons. The van der Waals surface area contributed by atoms with Crippen LogP contribution in [-0.4, -0.2) is 37.2 Å². The Hall–Kier alpha value is -4.19. The van der Waals surface area contributed by atoms with Gasteiger partial charge >= 0.3 is 17.9 Å². The van der Waals surface area contributed by atoms with E-state index in [0.29, 0.717) is 12.8 Å². The quantitative estimate of drug-likeness (QED) is 0.0261. The zero-order valence-electron chi connectivity index (χ0n) is 45.9. The van der Waals surface area contributed by atoms with E-state index < -0.39 is 6.10 Å². The number of hydrogen-bond donors (Lipinski definition) is 0. The molecule has 0 aliphatic carbocycles. The minimum atomic E-state index is -0.798. The molecular formula is C65H106O6. The molecule has 0 saturated heterocycles. The lowest BCUT2D eigenvalue weighted by Crippen LogP contribution is -2.30. The van der Waals surface area contributed by atoms with Crippen molar-refractivity contribution in [3.05, 3.63) is 122 Å². The predicted octanol–water partition coefficient (Wildman–Crippen LogP) is 19.6. The summed E-state index contributed by atoms with van der Waals surface area (Å²) in [5.41, 5.74) is 0. The van der Waals surface area contributed by atoms with E-state index in [-0.39, 0.29) is 37.5 Å². The fraction of sp³-hybridized carbons (Fsp3) is 0.646. The molecule has 402 valence electrons. The van der Waals surface area contributed by atoms with Crippen molar-refractivity contribution in [3.63, 3.8) is 0 Å². The van der Waals surface area contributed by atoms with Gasteiger partial charge in [-0.3, -0.25) is 14.4 Å². The van der Waals surface area contributed by atoms with Crippen LogP contribution in [0.4, 0.5) is 0 Å². The second-order valence-corrected chi connectivity index (χ2v) is 18.8. The third-order valence-electron chi connectivity index (χ3n) is 12.0. The van der Waals surface area contributed by atoms with Crippen molar-refractivity contribution in [2.75, 3.05) is 13.2 Å². The topological polar surface area (TPSA) is 78.9 Å². The summed E-state index contributed by atoms with van der Waals surface area (Å²) in [5.74, 6) is -0.938. The summed E-state index contributed by atoms with van der Waals surface area (Å²) in [6, 6.07) is 0. The molecule has 0 fully saturated rings. The van der Waals surface area contributed by atoms with Crippen LogP contribution in [0.15, 0.2) is 122 Å². The molecule has 1 atom stereocenters. The summed E-state index contributed by atoms with van der Waals surface area (Å²) < 4.78 is 16.8. The molecule has 6 nitrogen and oxygen atoms in total. The maximum Gasteiger partial charge on any atom is 0.306 e. The van der Waals surface area contributed by atoms with E-state index in [1.165, 1.54) is 77.0 Å². The van der Waals surface area contributed by atoms with Crippen molar-refractivity contribution in [2.24, 2.45) is 0 Å². The standard InChI is InChI=1S/C65H106O6/c1-4-7-10-13-16-19-22-24-25-26-27-28-29-30-31-32-33-34-35-36-37-38-39-41-43-46-49-52-55-58-64(67)70-61-62(60-69-63(66)57-54-51-48-45-42-21-18-15-12-9-6-3)71-65(68)59-56-53-50-47-44-40-23-20-17-14-11-8-5-2/h7-8,10-11,16-17,19-20,24-25,27-28,30-31,33-34,36-37,40,44,62H,4-6,9,12-15,18,21-23,26,29,32,35,38-39,41-43,45-61H2,1-3H3/b10-7-,11-8-,19-16-,20-17-,25-24-,28-27-,31-30-,34-33-,37-36-,44-40-. The highest BCUT2D eigenvalue weighted by atomic mass is 16.6. The number of carbonyl (C=O) groups excluding carboxylic acids is 3. The first kappa shape index (κ1) is 66.8. The van der Waals surface area contributed by atoms with Gasteiger partial charge in [-0.2, -0.15) is 0 Å². The van der Waals surface area contributed by atoms with Gasteiger partial charge in [-0.1, -0.05) is 245 Å². The lowest BCUT2D eigenvalue weighted by Gasteiger charge is -2.18. The molecule has 0 aromatic carbocycles. The van der Waals surface area contributed by atoms with Crippen molar-refractivity contribution in [3.8, 4) is 0 Å². The second kappa shape index (κ2) is 58.4. The van der Waals surface area contributed by atoms with E-state index in [1.807, 2.05) is 0 Å². The van der Waals surface area contributed by atoms with Crippen molar-refractivity contribution >= 4 is 17.9 Å². The first-order valence-electron chi connectivity index (χ1n) is 29.0. The molecule has 0 amide bonds. The molecule has 0 aromatic heterocycles. The van der Waals surface area contributed by atoms with Crippen LogP contribution in [0.5, 0.6) is 0 Å². The van der Waals surface area contributed by atoms with E-state index >= 15 is 0 Å². The number of esters is 3. The number of carbonyl (C=O) groups is 3. The molecule has 0 aliphatic heterocycles. The van der Waals surface area contributed by atoms with Crippen LogP contribution in [0.2, 0.25) is 0 Å². The van der Waals surface area contributed by atoms with Gasteiger partial charge in [-0.15, -0.1) is 0 Å². The van der Waals surface area contributed by atoms with Crippen LogP contribution in [0.3, 0.4) is 0 Å². The Morgan fingerprint density at radius 1 is 0.296 bits per heavy atom. The molecule has 71 heavy (non-hydrogen) atoms. The SMILES string of the molecule is CC/C=C\C/C=C\C/C=C\C/C=C\C/C=C\C/C=C\C/C=C\CCCCCCCCCC(=O)OCC(COC(=O)CCCCCCCCCCCCC)OC(=O)CCCCC/C=C\C/C=C\C/C=C\CC. The fourth-order valence-electron chi connectivity index (χ4n) is 7.67. The summed E-state index contributed by atoms with van der Waals surface area (Å²) in [4.78, 5) is 38.0. The molecule has 0 saturated carbocycles. The monoisotopic (exact) mass is 983 g/mol. The van der Waals surface area contributed by atoms with E-state index in [2.05, 4.69) is 142 Å². The van der Waals surface area contributed by atoms with Crippen molar-refractivity contribution in [2.45, 2.75) is 258 Å². The Labute approximate surface area is 437 Å². The Morgan fingerprint density at radius 2 is 0.549 bits per heavy atom. The summed E-state index contributed by atoms with van der Waals surface area (Å²) in [6.07, 6.45) is 80.6. The molecular weight excluding hydrogens is 877 g/mol. The van der Waals surface area contributed by atoms with Crippen molar-refractivity contribution in [1.29, 1.82) is 0 Å². The van der Waals surface area contributed by atoms with Gasteiger partial charge in [0.05, 0.1) is 0 Å². The van der Waals surface area contributed by atoms with Crippen molar-refractivity contribution < 1.29 is 28.6 Å². The zero-order chi connectivity index (χ0) is 51.4. The molecule has 1 unspecified atom stereocenters. The molecule has 0 bridgehead atoms. The Kier molecular flexibility index (Phi) is 54.9. The third kappa shape index (κ3) is 56.6. The summed E-state index contributed by atoms with van der Waals surface area (Å²) >= 11 is 0. The van der Waals surface area contributed by atoms with Gasteiger partial charge in [-0.25, -0.2) is 0 Å². The number of ether oxygens (including phenoxy) is 3. The van der Waals surface area contributed by atoms with Gasteiger partial charge < -0.3 is 14.2 Å². The summed E-state index contributed by atoms with van der Waals surface area (Å²) in [7, 11) is 0. The molecule has 0 aliphatic rings. The van der Waals surface area contributed by atoms with Gasteiger partial charge in [0, 0.05) is 19.3 Å². The molecule has 0 spiro atoms. The highest BCUT2D eigenvalue weighted by Crippen LogP contribution is 2.14. The third-order valence-corrected chi connectivity index (χ3v) is 12.0. The maximum absolute atomic E-state index is 12.8. The van der Waals surface area contributed by atoms with Gasteiger partial charge in [0.15, 0.2) is 6.10 Å². The smallest absolute Gasteiger partial charge is 0.306 e. The van der Waals surface area contributed by atoms with E-state index in [1.54, 1.807) is 0 Å². The summed E-state index contributed by atoms with van der Waals surface area (Å²) in [6.45, 7) is 6.36. The second-order valence-electron chi connectivity index (χ2n) is 18.8.